The Kier molecular flexibility index (Phi) is 4.00. The quantitative estimate of drug-likeness (QED) is 0.830. The lowest BCUT2D eigenvalue weighted by Crippen LogP contribution is -2.49. The van der Waals surface area contributed by atoms with Crippen LogP contribution in [0.5, 0.6) is 0 Å². The number of ether oxygens (including phenoxy) is 1. The second kappa shape index (κ2) is 4.97. The summed E-state index contributed by atoms with van der Waals surface area (Å²) in [5.74, 6) is -0.686. The predicted octanol–water partition coefficient (Wildman–Crippen LogP) is 1.18. The van der Waals surface area contributed by atoms with Gasteiger partial charge in [-0.2, -0.15) is 18.3 Å². The van der Waals surface area contributed by atoms with Crippen LogP contribution >= 0.6 is 0 Å². The van der Waals surface area contributed by atoms with Gasteiger partial charge in [0.2, 0.25) is 0 Å². The standard InChI is InChI=1S/C10H14F3N3O2/c1-3-18-8(17)9(2,14)6-16-5-7(4-15-16)10(11,12)13/h4-5H,3,6,14H2,1-2H3. The van der Waals surface area contributed by atoms with E-state index in [0.717, 1.165) is 10.9 Å². The number of halogens is 3. The number of carbonyl (C=O) groups is 1. The molecule has 0 amide bonds. The van der Waals surface area contributed by atoms with E-state index in [4.69, 9.17) is 10.5 Å². The highest BCUT2D eigenvalue weighted by Gasteiger charge is 2.34. The fourth-order valence-corrected chi connectivity index (χ4v) is 1.29. The minimum atomic E-state index is -4.47. The molecule has 0 fully saturated rings. The van der Waals surface area contributed by atoms with E-state index < -0.39 is 23.2 Å². The van der Waals surface area contributed by atoms with Gasteiger partial charge in [0.25, 0.3) is 0 Å². The molecule has 0 aliphatic rings. The molecule has 1 rings (SSSR count). The number of hydrogen-bond acceptors (Lipinski definition) is 4. The molecule has 1 unspecified atom stereocenters. The third-order valence-electron chi connectivity index (χ3n) is 2.19. The number of nitrogens with zero attached hydrogens (tertiary/aromatic N) is 2. The number of nitrogens with two attached hydrogens (primary N) is 1. The Morgan fingerprint density at radius 1 is 1.56 bits per heavy atom. The zero-order valence-corrected chi connectivity index (χ0v) is 9.99. The number of aromatic nitrogens is 2. The summed E-state index contributed by atoms with van der Waals surface area (Å²) in [6, 6.07) is 0. The summed E-state index contributed by atoms with van der Waals surface area (Å²) >= 11 is 0. The Bertz CT molecular complexity index is 426. The van der Waals surface area contributed by atoms with Crippen molar-refractivity contribution in [3.8, 4) is 0 Å². The topological polar surface area (TPSA) is 70.1 Å². The minimum Gasteiger partial charge on any atom is -0.465 e. The molecule has 0 radical (unpaired) electrons. The van der Waals surface area contributed by atoms with Crippen LogP contribution in [0, 0.1) is 0 Å². The molecule has 1 heterocycles. The molecule has 2 N–H and O–H groups in total. The smallest absolute Gasteiger partial charge is 0.419 e. The number of alkyl halides is 3. The van der Waals surface area contributed by atoms with E-state index in [1.54, 1.807) is 6.92 Å². The molecule has 1 aromatic heterocycles. The van der Waals surface area contributed by atoms with Gasteiger partial charge in [-0.25, -0.2) is 4.79 Å². The summed E-state index contributed by atoms with van der Waals surface area (Å²) in [6.07, 6.45) is -2.99. The first-order valence-corrected chi connectivity index (χ1v) is 5.22. The van der Waals surface area contributed by atoms with E-state index in [2.05, 4.69) is 5.10 Å². The van der Waals surface area contributed by atoms with Gasteiger partial charge in [0, 0.05) is 6.20 Å². The summed E-state index contributed by atoms with van der Waals surface area (Å²) in [5, 5.41) is 3.52. The Labute approximate surface area is 102 Å². The molecule has 0 aliphatic carbocycles. The van der Waals surface area contributed by atoms with Crippen LogP contribution in [-0.2, 0) is 22.3 Å². The number of rotatable bonds is 4. The Morgan fingerprint density at radius 2 is 2.17 bits per heavy atom. The molecule has 102 valence electrons. The van der Waals surface area contributed by atoms with Gasteiger partial charge in [-0.1, -0.05) is 0 Å². The van der Waals surface area contributed by atoms with Crippen LogP contribution < -0.4 is 5.73 Å². The monoisotopic (exact) mass is 265 g/mol. The third kappa shape index (κ3) is 3.46. The fraction of sp³-hybridized carbons (Fsp3) is 0.600. The summed E-state index contributed by atoms with van der Waals surface area (Å²) in [5.41, 5.74) is 3.37. The van der Waals surface area contributed by atoms with Crippen molar-refractivity contribution in [1.82, 2.24) is 9.78 Å². The average Bonchev–Trinajstić information content (AvgIpc) is 2.65. The lowest BCUT2D eigenvalue weighted by atomic mass is 10.1. The second-order valence-corrected chi connectivity index (χ2v) is 4.06. The molecule has 5 nitrogen and oxygen atoms in total. The zero-order chi connectivity index (χ0) is 14.0. The van der Waals surface area contributed by atoms with Crippen LogP contribution in [0.2, 0.25) is 0 Å². The third-order valence-corrected chi connectivity index (χ3v) is 2.19. The van der Waals surface area contributed by atoms with Crippen LogP contribution in [0.3, 0.4) is 0 Å². The highest BCUT2D eigenvalue weighted by Crippen LogP contribution is 2.28. The molecule has 0 aromatic carbocycles. The van der Waals surface area contributed by atoms with E-state index in [-0.39, 0.29) is 13.2 Å². The van der Waals surface area contributed by atoms with Crippen LogP contribution in [0.25, 0.3) is 0 Å². The van der Waals surface area contributed by atoms with Crippen LogP contribution in [-0.4, -0.2) is 27.9 Å². The molecular weight excluding hydrogens is 251 g/mol. The maximum absolute atomic E-state index is 12.3. The van der Waals surface area contributed by atoms with E-state index in [1.807, 2.05) is 0 Å². The van der Waals surface area contributed by atoms with Crippen molar-refractivity contribution in [3.05, 3.63) is 18.0 Å². The highest BCUT2D eigenvalue weighted by molar-refractivity contribution is 5.79. The van der Waals surface area contributed by atoms with Crippen LogP contribution in [0.4, 0.5) is 13.2 Å². The zero-order valence-electron chi connectivity index (χ0n) is 9.99. The first-order valence-electron chi connectivity index (χ1n) is 5.22. The largest absolute Gasteiger partial charge is 0.465 e. The van der Waals surface area contributed by atoms with E-state index in [9.17, 15) is 18.0 Å². The van der Waals surface area contributed by atoms with E-state index in [0.29, 0.717) is 6.20 Å². The van der Waals surface area contributed by atoms with Gasteiger partial charge in [-0.3, -0.25) is 4.68 Å². The molecule has 1 atom stereocenters. The molecular formula is C10H14F3N3O2. The van der Waals surface area contributed by atoms with Crippen molar-refractivity contribution >= 4 is 5.97 Å². The van der Waals surface area contributed by atoms with Crippen molar-refractivity contribution in [2.75, 3.05) is 6.61 Å². The SMILES string of the molecule is CCOC(=O)C(C)(N)Cn1cc(C(F)(F)F)cn1. The van der Waals surface area contributed by atoms with E-state index >= 15 is 0 Å². The lowest BCUT2D eigenvalue weighted by Gasteiger charge is -2.21. The number of carbonyl (C=O) groups excluding carboxylic acids is 1. The first kappa shape index (κ1) is 14.5. The maximum atomic E-state index is 12.3. The molecule has 0 saturated carbocycles. The molecule has 0 bridgehead atoms. The van der Waals surface area contributed by atoms with Crippen molar-refractivity contribution in [3.63, 3.8) is 0 Å². The number of hydrogen-bond donors (Lipinski definition) is 1. The van der Waals surface area contributed by atoms with Gasteiger partial charge in [0.1, 0.15) is 5.54 Å². The van der Waals surface area contributed by atoms with Gasteiger partial charge < -0.3 is 10.5 Å². The lowest BCUT2D eigenvalue weighted by molar-refractivity contribution is -0.149. The van der Waals surface area contributed by atoms with Gasteiger partial charge in [-0.05, 0) is 13.8 Å². The van der Waals surface area contributed by atoms with Crippen molar-refractivity contribution in [2.24, 2.45) is 5.73 Å². The molecule has 0 spiro atoms. The van der Waals surface area contributed by atoms with Crippen LogP contribution in [0.1, 0.15) is 19.4 Å². The highest BCUT2D eigenvalue weighted by atomic mass is 19.4. The van der Waals surface area contributed by atoms with Crippen molar-refractivity contribution in [1.29, 1.82) is 0 Å². The fourth-order valence-electron chi connectivity index (χ4n) is 1.29. The molecule has 1 aromatic rings. The summed E-state index contributed by atoms with van der Waals surface area (Å²) < 4.78 is 42.7. The molecule has 8 heteroatoms. The van der Waals surface area contributed by atoms with Gasteiger partial charge in [-0.15, -0.1) is 0 Å². The number of esters is 1. The summed E-state index contributed by atoms with van der Waals surface area (Å²) in [7, 11) is 0. The van der Waals surface area contributed by atoms with Crippen molar-refractivity contribution < 1.29 is 22.7 Å². The first-order chi connectivity index (χ1) is 8.16. The predicted molar refractivity (Wildman–Crippen MR) is 56.5 cm³/mol. The van der Waals surface area contributed by atoms with Gasteiger partial charge in [0.05, 0.1) is 24.9 Å². The van der Waals surface area contributed by atoms with Crippen LogP contribution in [0.15, 0.2) is 12.4 Å². The second-order valence-electron chi connectivity index (χ2n) is 4.06. The molecule has 0 saturated heterocycles. The van der Waals surface area contributed by atoms with Gasteiger partial charge in [0.15, 0.2) is 0 Å². The van der Waals surface area contributed by atoms with Gasteiger partial charge >= 0.3 is 12.1 Å². The molecule has 0 aliphatic heterocycles. The maximum Gasteiger partial charge on any atom is 0.419 e. The molecule has 18 heavy (non-hydrogen) atoms. The Hall–Kier alpha value is -1.57. The normalized spacial score (nSPS) is 15.2. The van der Waals surface area contributed by atoms with E-state index in [1.165, 1.54) is 6.92 Å². The average molecular weight is 265 g/mol. The Balaban J connectivity index is 2.79. The summed E-state index contributed by atoms with van der Waals surface area (Å²) in [6.45, 7) is 2.95. The summed E-state index contributed by atoms with van der Waals surface area (Å²) in [4.78, 5) is 11.5. The minimum absolute atomic E-state index is 0.151. The van der Waals surface area contributed by atoms with Crippen molar-refractivity contribution in [2.45, 2.75) is 32.1 Å². The Morgan fingerprint density at radius 3 is 2.61 bits per heavy atom.